The Balaban J connectivity index is 2.27. The number of benzene rings is 1. The molecule has 1 fully saturated rings. The standard InChI is InChI=1S/C17H27NO3/c1-5-9-18-16(17-12(2)8-10-21-17)13-6-7-14(19-3)15(11-13)20-4/h6-7,11-12,16-18H,5,8-10H2,1-4H3. The zero-order valence-electron chi connectivity index (χ0n) is 13.5. The van der Waals surface area contributed by atoms with Gasteiger partial charge in [-0.2, -0.15) is 0 Å². The molecule has 1 N–H and O–H groups in total. The molecule has 3 atom stereocenters. The van der Waals surface area contributed by atoms with E-state index in [1.807, 2.05) is 6.07 Å². The molecule has 2 rings (SSSR count). The SMILES string of the molecule is CCCNC(c1ccc(OC)c(OC)c1)C1OCCC1C. The third-order valence-electron chi connectivity index (χ3n) is 4.15. The van der Waals surface area contributed by atoms with Crippen molar-refractivity contribution >= 4 is 0 Å². The number of rotatable bonds is 7. The molecule has 1 aliphatic heterocycles. The molecule has 1 aromatic carbocycles. The summed E-state index contributed by atoms with van der Waals surface area (Å²) in [4.78, 5) is 0. The fourth-order valence-corrected chi connectivity index (χ4v) is 2.91. The van der Waals surface area contributed by atoms with Gasteiger partial charge in [0.25, 0.3) is 0 Å². The summed E-state index contributed by atoms with van der Waals surface area (Å²) in [5.74, 6) is 2.09. The van der Waals surface area contributed by atoms with Crippen molar-refractivity contribution in [2.45, 2.75) is 38.8 Å². The molecule has 1 heterocycles. The van der Waals surface area contributed by atoms with Crippen molar-refractivity contribution in [1.29, 1.82) is 0 Å². The third kappa shape index (κ3) is 3.69. The molecule has 1 aliphatic rings. The molecule has 4 nitrogen and oxygen atoms in total. The van der Waals surface area contributed by atoms with Crippen molar-refractivity contribution < 1.29 is 14.2 Å². The van der Waals surface area contributed by atoms with E-state index < -0.39 is 0 Å². The number of hydrogen-bond donors (Lipinski definition) is 1. The van der Waals surface area contributed by atoms with E-state index in [1.54, 1.807) is 14.2 Å². The molecule has 0 saturated carbocycles. The minimum atomic E-state index is 0.197. The average Bonchev–Trinajstić information content (AvgIpc) is 2.93. The maximum absolute atomic E-state index is 5.97. The summed E-state index contributed by atoms with van der Waals surface area (Å²) >= 11 is 0. The van der Waals surface area contributed by atoms with Gasteiger partial charge < -0.3 is 19.5 Å². The summed E-state index contributed by atoms with van der Waals surface area (Å²) in [6.45, 7) is 6.27. The Bertz CT molecular complexity index is 450. The van der Waals surface area contributed by atoms with Gasteiger partial charge in [0, 0.05) is 6.61 Å². The van der Waals surface area contributed by atoms with Crippen molar-refractivity contribution in [3.8, 4) is 11.5 Å². The average molecular weight is 293 g/mol. The second kappa shape index (κ2) is 7.66. The number of methoxy groups -OCH3 is 2. The highest BCUT2D eigenvalue weighted by atomic mass is 16.5. The van der Waals surface area contributed by atoms with Crippen molar-refractivity contribution in [2.24, 2.45) is 5.92 Å². The molecule has 4 heteroatoms. The third-order valence-corrected chi connectivity index (χ3v) is 4.15. The van der Waals surface area contributed by atoms with Crippen LogP contribution in [0.4, 0.5) is 0 Å². The van der Waals surface area contributed by atoms with Crippen LogP contribution < -0.4 is 14.8 Å². The molecular formula is C17H27NO3. The van der Waals surface area contributed by atoms with Crippen molar-refractivity contribution in [1.82, 2.24) is 5.32 Å². The highest BCUT2D eigenvalue weighted by molar-refractivity contribution is 5.44. The van der Waals surface area contributed by atoms with E-state index in [1.165, 1.54) is 5.56 Å². The molecule has 3 unspecified atom stereocenters. The summed E-state index contributed by atoms with van der Waals surface area (Å²) in [6.07, 6.45) is 2.45. The second-order valence-electron chi connectivity index (χ2n) is 5.65. The van der Waals surface area contributed by atoms with Gasteiger partial charge in [0.2, 0.25) is 0 Å². The smallest absolute Gasteiger partial charge is 0.161 e. The minimum Gasteiger partial charge on any atom is -0.493 e. The normalized spacial score (nSPS) is 23.0. The van der Waals surface area contributed by atoms with E-state index in [9.17, 15) is 0 Å². The topological polar surface area (TPSA) is 39.7 Å². The summed E-state index contributed by atoms with van der Waals surface area (Å²) in [5, 5.41) is 3.63. The Labute approximate surface area is 127 Å². The van der Waals surface area contributed by atoms with Gasteiger partial charge in [-0.05, 0) is 43.0 Å². The van der Waals surface area contributed by atoms with E-state index >= 15 is 0 Å². The van der Waals surface area contributed by atoms with Gasteiger partial charge >= 0.3 is 0 Å². The monoisotopic (exact) mass is 293 g/mol. The van der Waals surface area contributed by atoms with E-state index in [0.29, 0.717) is 5.92 Å². The second-order valence-corrected chi connectivity index (χ2v) is 5.65. The van der Waals surface area contributed by atoms with Crippen molar-refractivity contribution in [3.63, 3.8) is 0 Å². The van der Waals surface area contributed by atoms with Gasteiger partial charge in [-0.15, -0.1) is 0 Å². The van der Waals surface area contributed by atoms with Crippen LogP contribution >= 0.6 is 0 Å². The van der Waals surface area contributed by atoms with Gasteiger partial charge in [0.05, 0.1) is 26.4 Å². The highest BCUT2D eigenvalue weighted by Crippen LogP contribution is 2.35. The van der Waals surface area contributed by atoms with E-state index in [0.717, 1.165) is 37.5 Å². The molecule has 21 heavy (non-hydrogen) atoms. The summed E-state index contributed by atoms with van der Waals surface area (Å²) in [7, 11) is 3.33. The van der Waals surface area contributed by atoms with Gasteiger partial charge in [-0.25, -0.2) is 0 Å². The zero-order valence-corrected chi connectivity index (χ0v) is 13.5. The Kier molecular flexibility index (Phi) is 5.88. The first kappa shape index (κ1) is 16.1. The lowest BCUT2D eigenvalue weighted by atomic mass is 9.92. The fourth-order valence-electron chi connectivity index (χ4n) is 2.91. The van der Waals surface area contributed by atoms with Crippen LogP contribution in [0.5, 0.6) is 11.5 Å². The van der Waals surface area contributed by atoms with Gasteiger partial charge in [0.1, 0.15) is 0 Å². The number of nitrogens with one attached hydrogen (secondary N) is 1. The molecule has 0 aromatic heterocycles. The Morgan fingerprint density at radius 1 is 1.29 bits per heavy atom. The molecule has 1 saturated heterocycles. The van der Waals surface area contributed by atoms with Crippen molar-refractivity contribution in [3.05, 3.63) is 23.8 Å². The molecule has 0 amide bonds. The zero-order chi connectivity index (χ0) is 15.2. The lowest BCUT2D eigenvalue weighted by Gasteiger charge is -2.28. The predicted molar refractivity (Wildman–Crippen MR) is 84.1 cm³/mol. The number of hydrogen-bond acceptors (Lipinski definition) is 4. The molecular weight excluding hydrogens is 266 g/mol. The predicted octanol–water partition coefficient (Wildman–Crippen LogP) is 3.17. The molecule has 0 aliphatic carbocycles. The largest absolute Gasteiger partial charge is 0.493 e. The first-order valence-corrected chi connectivity index (χ1v) is 7.78. The quantitative estimate of drug-likeness (QED) is 0.838. The van der Waals surface area contributed by atoms with Gasteiger partial charge in [0.15, 0.2) is 11.5 Å². The van der Waals surface area contributed by atoms with E-state index in [2.05, 4.69) is 31.3 Å². The van der Waals surface area contributed by atoms with Crippen LogP contribution in [0.25, 0.3) is 0 Å². The molecule has 0 bridgehead atoms. The van der Waals surface area contributed by atoms with Crippen LogP contribution in [-0.2, 0) is 4.74 Å². The Morgan fingerprint density at radius 3 is 2.62 bits per heavy atom. The van der Waals surface area contributed by atoms with Crippen LogP contribution in [-0.4, -0.2) is 33.5 Å². The maximum Gasteiger partial charge on any atom is 0.161 e. The molecule has 118 valence electrons. The highest BCUT2D eigenvalue weighted by Gasteiger charge is 2.33. The fraction of sp³-hybridized carbons (Fsp3) is 0.647. The summed E-state index contributed by atoms with van der Waals surface area (Å²) in [5.41, 5.74) is 1.19. The van der Waals surface area contributed by atoms with Gasteiger partial charge in [-0.1, -0.05) is 19.9 Å². The molecule has 0 radical (unpaired) electrons. The summed E-state index contributed by atoms with van der Waals surface area (Å²) < 4.78 is 16.7. The lowest BCUT2D eigenvalue weighted by molar-refractivity contribution is 0.0606. The van der Waals surface area contributed by atoms with Crippen LogP contribution in [0.2, 0.25) is 0 Å². The van der Waals surface area contributed by atoms with Crippen LogP contribution in [0.15, 0.2) is 18.2 Å². The van der Waals surface area contributed by atoms with E-state index in [-0.39, 0.29) is 12.1 Å². The minimum absolute atomic E-state index is 0.197. The van der Waals surface area contributed by atoms with Crippen molar-refractivity contribution in [2.75, 3.05) is 27.4 Å². The first-order valence-electron chi connectivity index (χ1n) is 7.78. The lowest BCUT2D eigenvalue weighted by Crippen LogP contribution is -2.35. The molecule has 0 spiro atoms. The van der Waals surface area contributed by atoms with Crippen LogP contribution in [0.1, 0.15) is 38.3 Å². The molecule has 1 aromatic rings. The van der Waals surface area contributed by atoms with Crippen LogP contribution in [0, 0.1) is 5.92 Å². The maximum atomic E-state index is 5.97. The van der Waals surface area contributed by atoms with Crippen LogP contribution in [0.3, 0.4) is 0 Å². The Hall–Kier alpha value is -1.26. The van der Waals surface area contributed by atoms with E-state index in [4.69, 9.17) is 14.2 Å². The number of ether oxygens (including phenoxy) is 3. The Morgan fingerprint density at radius 2 is 2.05 bits per heavy atom. The summed E-state index contributed by atoms with van der Waals surface area (Å²) in [6, 6.07) is 6.32. The first-order chi connectivity index (χ1) is 10.2. The van der Waals surface area contributed by atoms with Gasteiger partial charge in [-0.3, -0.25) is 0 Å².